The summed E-state index contributed by atoms with van der Waals surface area (Å²) < 4.78 is 4.52. The van der Waals surface area contributed by atoms with Gasteiger partial charge in [0.25, 0.3) is 5.91 Å². The molecule has 0 aliphatic carbocycles. The number of carbonyl (C=O) groups excluding carboxylic acids is 2. The molecule has 0 unspecified atom stereocenters. The summed E-state index contributed by atoms with van der Waals surface area (Å²) in [4.78, 5) is 30.9. The van der Waals surface area contributed by atoms with Crippen LogP contribution in [0.5, 0.6) is 0 Å². The molecule has 0 aliphatic heterocycles. The Hall–Kier alpha value is -1.85. The number of ether oxygens (including phenoxy) is 1. The first kappa shape index (κ1) is 12.2. The molecule has 1 aromatic rings. The Balaban J connectivity index is 2.54. The summed E-state index contributed by atoms with van der Waals surface area (Å²) in [5.74, 6) is -0.486. The monoisotopic (exact) mass is 225 g/mol. The quantitative estimate of drug-likeness (QED) is 0.737. The average Bonchev–Trinajstić information content (AvgIpc) is 2.82. The molecule has 0 fully saturated rings. The third kappa shape index (κ3) is 3.08. The predicted octanol–water partition coefficient (Wildman–Crippen LogP) is 0.435. The number of methoxy groups -OCH3 is 1. The van der Waals surface area contributed by atoms with E-state index in [1.54, 1.807) is 4.90 Å². The highest BCUT2D eigenvalue weighted by molar-refractivity contribution is 5.92. The highest BCUT2D eigenvalue weighted by Crippen LogP contribution is 2.01. The molecule has 0 aromatic carbocycles. The molecule has 0 saturated carbocycles. The van der Waals surface area contributed by atoms with Crippen molar-refractivity contribution in [2.45, 2.75) is 13.3 Å². The van der Waals surface area contributed by atoms with Gasteiger partial charge in [-0.3, -0.25) is 9.59 Å². The zero-order valence-electron chi connectivity index (χ0n) is 9.40. The number of hydrogen-bond donors (Lipinski definition) is 1. The third-order valence-electron chi connectivity index (χ3n) is 2.21. The van der Waals surface area contributed by atoms with Crippen molar-refractivity contribution in [3.8, 4) is 0 Å². The van der Waals surface area contributed by atoms with Crippen LogP contribution < -0.4 is 0 Å². The van der Waals surface area contributed by atoms with Crippen molar-refractivity contribution in [1.82, 2.24) is 14.9 Å². The third-order valence-corrected chi connectivity index (χ3v) is 2.21. The minimum Gasteiger partial charge on any atom is -0.469 e. The van der Waals surface area contributed by atoms with Crippen LogP contribution in [0.4, 0.5) is 0 Å². The molecule has 1 rings (SSSR count). The Morgan fingerprint density at radius 2 is 2.31 bits per heavy atom. The van der Waals surface area contributed by atoms with Gasteiger partial charge in [-0.15, -0.1) is 0 Å². The maximum absolute atomic E-state index is 11.8. The Morgan fingerprint density at radius 3 is 2.81 bits per heavy atom. The first-order chi connectivity index (χ1) is 7.69. The molecule has 1 N–H and O–H groups in total. The largest absolute Gasteiger partial charge is 0.469 e. The first-order valence-corrected chi connectivity index (χ1v) is 5.03. The fourth-order valence-corrected chi connectivity index (χ4v) is 1.27. The van der Waals surface area contributed by atoms with Crippen LogP contribution in [-0.4, -0.2) is 46.9 Å². The number of esters is 1. The second-order valence-electron chi connectivity index (χ2n) is 3.18. The number of H-pyrrole nitrogens is 1. The number of aromatic amines is 1. The van der Waals surface area contributed by atoms with Crippen LogP contribution in [0, 0.1) is 0 Å². The number of rotatable bonds is 5. The van der Waals surface area contributed by atoms with Gasteiger partial charge in [-0.2, -0.15) is 0 Å². The van der Waals surface area contributed by atoms with Crippen LogP contribution >= 0.6 is 0 Å². The zero-order chi connectivity index (χ0) is 12.0. The molecule has 0 aliphatic rings. The molecule has 0 radical (unpaired) electrons. The van der Waals surface area contributed by atoms with Gasteiger partial charge in [0, 0.05) is 13.1 Å². The lowest BCUT2D eigenvalue weighted by molar-refractivity contribution is -0.140. The van der Waals surface area contributed by atoms with E-state index in [1.165, 1.54) is 19.6 Å². The summed E-state index contributed by atoms with van der Waals surface area (Å²) >= 11 is 0. The maximum Gasteiger partial charge on any atom is 0.307 e. The molecule has 0 spiro atoms. The predicted molar refractivity (Wildman–Crippen MR) is 56.8 cm³/mol. The van der Waals surface area contributed by atoms with E-state index < -0.39 is 0 Å². The van der Waals surface area contributed by atoms with E-state index in [4.69, 9.17) is 0 Å². The first-order valence-electron chi connectivity index (χ1n) is 5.03. The van der Waals surface area contributed by atoms with Crippen molar-refractivity contribution >= 4 is 11.9 Å². The molecule has 88 valence electrons. The van der Waals surface area contributed by atoms with Gasteiger partial charge in [-0.25, -0.2) is 4.98 Å². The van der Waals surface area contributed by atoms with E-state index in [9.17, 15) is 9.59 Å². The van der Waals surface area contributed by atoms with Crippen LogP contribution in [-0.2, 0) is 9.53 Å². The molecule has 1 amide bonds. The summed E-state index contributed by atoms with van der Waals surface area (Å²) in [6.45, 7) is 2.74. The van der Waals surface area contributed by atoms with Crippen molar-refractivity contribution in [1.29, 1.82) is 0 Å². The molecule has 0 saturated heterocycles. The molecule has 0 bridgehead atoms. The van der Waals surface area contributed by atoms with Crippen LogP contribution in [0.1, 0.15) is 23.8 Å². The number of imidazole rings is 1. The smallest absolute Gasteiger partial charge is 0.307 e. The van der Waals surface area contributed by atoms with Crippen molar-refractivity contribution in [3.63, 3.8) is 0 Å². The average molecular weight is 225 g/mol. The minimum absolute atomic E-state index is 0.163. The lowest BCUT2D eigenvalue weighted by atomic mass is 10.3. The Kier molecular flexibility index (Phi) is 4.50. The van der Waals surface area contributed by atoms with Crippen molar-refractivity contribution in [2.75, 3.05) is 20.2 Å². The number of carbonyl (C=O) groups is 2. The van der Waals surface area contributed by atoms with E-state index in [1.807, 2.05) is 6.92 Å². The Morgan fingerprint density at radius 1 is 1.56 bits per heavy atom. The van der Waals surface area contributed by atoms with Crippen LogP contribution in [0.2, 0.25) is 0 Å². The number of aromatic nitrogens is 2. The summed E-state index contributed by atoms with van der Waals surface area (Å²) in [5, 5.41) is 0. The number of nitrogens with zero attached hydrogens (tertiary/aromatic N) is 2. The zero-order valence-corrected chi connectivity index (χ0v) is 9.40. The summed E-state index contributed by atoms with van der Waals surface area (Å²) in [6, 6.07) is 0. The summed E-state index contributed by atoms with van der Waals surface area (Å²) in [5.41, 5.74) is 0.423. The lowest BCUT2D eigenvalue weighted by Gasteiger charge is -2.19. The van der Waals surface area contributed by atoms with Gasteiger partial charge in [0.1, 0.15) is 5.69 Å². The number of nitrogens with one attached hydrogen (secondary N) is 1. The van der Waals surface area contributed by atoms with Crippen LogP contribution in [0.15, 0.2) is 12.5 Å². The van der Waals surface area contributed by atoms with E-state index in [2.05, 4.69) is 14.7 Å². The summed E-state index contributed by atoms with van der Waals surface area (Å²) in [7, 11) is 1.33. The van der Waals surface area contributed by atoms with Crippen molar-refractivity contribution < 1.29 is 14.3 Å². The highest BCUT2D eigenvalue weighted by Gasteiger charge is 2.16. The fourth-order valence-electron chi connectivity index (χ4n) is 1.27. The van der Waals surface area contributed by atoms with Gasteiger partial charge in [0.05, 0.1) is 26.1 Å². The molecule has 1 aromatic heterocycles. The molecule has 16 heavy (non-hydrogen) atoms. The van der Waals surface area contributed by atoms with Gasteiger partial charge >= 0.3 is 5.97 Å². The SMILES string of the molecule is CCN(CCC(=O)OC)C(=O)c1cnc[nH]1. The van der Waals surface area contributed by atoms with Crippen LogP contribution in [0.25, 0.3) is 0 Å². The second kappa shape index (κ2) is 5.89. The number of amides is 1. The van der Waals surface area contributed by atoms with Gasteiger partial charge in [0.15, 0.2) is 0 Å². The lowest BCUT2D eigenvalue weighted by Crippen LogP contribution is -2.33. The standard InChI is InChI=1S/C10H15N3O3/c1-3-13(5-4-9(14)16-2)10(15)8-6-11-7-12-8/h6-7H,3-5H2,1-2H3,(H,11,12). The van der Waals surface area contributed by atoms with E-state index in [0.717, 1.165) is 0 Å². The van der Waals surface area contributed by atoms with Crippen LogP contribution in [0.3, 0.4) is 0 Å². The molecular weight excluding hydrogens is 210 g/mol. The molecule has 0 atom stereocenters. The maximum atomic E-state index is 11.8. The fraction of sp³-hybridized carbons (Fsp3) is 0.500. The van der Waals surface area contributed by atoms with E-state index in [-0.39, 0.29) is 18.3 Å². The number of hydrogen-bond acceptors (Lipinski definition) is 4. The molecular formula is C10H15N3O3. The normalized spacial score (nSPS) is 9.88. The highest BCUT2D eigenvalue weighted by atomic mass is 16.5. The van der Waals surface area contributed by atoms with Crippen molar-refractivity contribution in [2.24, 2.45) is 0 Å². The minimum atomic E-state index is -0.323. The second-order valence-corrected chi connectivity index (χ2v) is 3.18. The molecule has 1 heterocycles. The van der Waals surface area contributed by atoms with Crippen molar-refractivity contribution in [3.05, 3.63) is 18.2 Å². The topological polar surface area (TPSA) is 75.3 Å². The van der Waals surface area contributed by atoms with Gasteiger partial charge in [0.2, 0.25) is 0 Å². The van der Waals surface area contributed by atoms with Gasteiger partial charge in [-0.05, 0) is 6.92 Å². The van der Waals surface area contributed by atoms with Gasteiger partial charge < -0.3 is 14.6 Å². The Labute approximate surface area is 93.6 Å². The molecule has 6 heteroatoms. The Bertz CT molecular complexity index is 348. The van der Waals surface area contributed by atoms with Gasteiger partial charge in [-0.1, -0.05) is 0 Å². The van der Waals surface area contributed by atoms with E-state index in [0.29, 0.717) is 18.8 Å². The summed E-state index contributed by atoms with van der Waals surface area (Å²) in [6.07, 6.45) is 3.11. The molecule has 6 nitrogen and oxygen atoms in total. The van der Waals surface area contributed by atoms with E-state index >= 15 is 0 Å².